The monoisotopic (exact) mass is 457 g/mol. The van der Waals surface area contributed by atoms with Crippen molar-refractivity contribution >= 4 is 28.1 Å². The zero-order valence-corrected chi connectivity index (χ0v) is 17.9. The number of nitrogens with one attached hydrogen (secondary N) is 1. The predicted molar refractivity (Wildman–Crippen MR) is 118 cm³/mol. The number of rotatable bonds is 4. The van der Waals surface area contributed by atoms with E-state index in [0.29, 0.717) is 16.4 Å². The summed E-state index contributed by atoms with van der Waals surface area (Å²) in [6.45, 7) is 3.62. The number of alkyl halides is 3. The number of anilines is 2. The van der Waals surface area contributed by atoms with Crippen LogP contribution in [0.25, 0.3) is 16.1 Å². The van der Waals surface area contributed by atoms with Crippen LogP contribution in [0.1, 0.15) is 27.2 Å². The third-order valence-corrected chi connectivity index (χ3v) is 5.66. The lowest BCUT2D eigenvalue weighted by molar-refractivity contribution is -0.137. The Bertz CT molecular complexity index is 1310. The van der Waals surface area contributed by atoms with Crippen LogP contribution in [0.2, 0.25) is 0 Å². The number of nitrogens with two attached hydrogens (primary N) is 1. The Labute approximate surface area is 185 Å². The summed E-state index contributed by atoms with van der Waals surface area (Å²) < 4.78 is 41.9. The van der Waals surface area contributed by atoms with E-state index in [1.165, 1.54) is 28.3 Å². The zero-order chi connectivity index (χ0) is 23.0. The summed E-state index contributed by atoms with van der Waals surface area (Å²) in [7, 11) is 0. The number of hydrogen-bond acceptors (Lipinski definition) is 5. The molecule has 0 aliphatic carbocycles. The van der Waals surface area contributed by atoms with Crippen molar-refractivity contribution in [2.24, 2.45) is 0 Å². The molecule has 2 aromatic heterocycles. The number of amides is 1. The molecule has 0 saturated carbocycles. The van der Waals surface area contributed by atoms with Crippen molar-refractivity contribution in [1.82, 2.24) is 14.5 Å². The second-order valence-corrected chi connectivity index (χ2v) is 8.30. The van der Waals surface area contributed by atoms with Crippen molar-refractivity contribution in [3.05, 3.63) is 77.5 Å². The Morgan fingerprint density at radius 1 is 1.12 bits per heavy atom. The van der Waals surface area contributed by atoms with E-state index >= 15 is 0 Å². The number of benzene rings is 2. The molecule has 0 aliphatic rings. The summed E-state index contributed by atoms with van der Waals surface area (Å²) >= 11 is 1.29. The molecule has 2 aromatic carbocycles. The third-order valence-electron chi connectivity index (χ3n) is 4.80. The molecule has 10 heteroatoms. The molecule has 164 valence electrons. The van der Waals surface area contributed by atoms with Gasteiger partial charge in [0.15, 0.2) is 5.13 Å². The first-order valence-corrected chi connectivity index (χ1v) is 10.3. The minimum absolute atomic E-state index is 0.0235. The Hall–Kier alpha value is -3.66. The first kappa shape index (κ1) is 21.6. The highest BCUT2D eigenvalue weighted by Gasteiger charge is 2.31. The first-order valence-electron chi connectivity index (χ1n) is 9.47. The molecule has 0 radical (unpaired) electrons. The molecule has 0 unspecified atom stereocenters. The van der Waals surface area contributed by atoms with Crippen LogP contribution in [0.15, 0.2) is 55.1 Å². The number of imidazole rings is 1. The maximum Gasteiger partial charge on any atom is 0.416 e. The lowest BCUT2D eigenvalue weighted by Crippen LogP contribution is -2.14. The van der Waals surface area contributed by atoms with E-state index in [-0.39, 0.29) is 11.4 Å². The maximum absolute atomic E-state index is 13.5. The molecule has 3 N–H and O–H groups in total. The summed E-state index contributed by atoms with van der Waals surface area (Å²) in [5.41, 5.74) is 7.75. The SMILES string of the molecule is Cc1cn(-c2cc(NC(=O)c3ccc(C)c(-c4cnc(N)s4)c3)cc(C(F)(F)F)c2)cn1. The number of halogens is 3. The van der Waals surface area contributed by atoms with Gasteiger partial charge in [-0.05, 0) is 55.3 Å². The average molecular weight is 457 g/mol. The minimum atomic E-state index is -4.58. The lowest BCUT2D eigenvalue weighted by Gasteiger charge is -2.14. The number of thiazole rings is 1. The van der Waals surface area contributed by atoms with Crippen molar-refractivity contribution in [3.63, 3.8) is 0 Å². The van der Waals surface area contributed by atoms with Gasteiger partial charge in [-0.2, -0.15) is 13.2 Å². The molecule has 0 fully saturated rings. The van der Waals surface area contributed by atoms with Crippen LogP contribution < -0.4 is 11.1 Å². The molecule has 0 bridgehead atoms. The number of aryl methyl sites for hydroxylation is 2. The molecule has 0 spiro atoms. The molecule has 0 saturated heterocycles. The van der Waals surface area contributed by atoms with Gasteiger partial charge in [-0.1, -0.05) is 17.4 Å². The lowest BCUT2D eigenvalue weighted by atomic mass is 10.0. The van der Waals surface area contributed by atoms with Crippen molar-refractivity contribution in [2.45, 2.75) is 20.0 Å². The fourth-order valence-corrected chi connectivity index (χ4v) is 3.97. The van der Waals surface area contributed by atoms with Crippen molar-refractivity contribution in [3.8, 4) is 16.1 Å². The molecule has 4 rings (SSSR count). The van der Waals surface area contributed by atoms with Gasteiger partial charge in [-0.3, -0.25) is 4.79 Å². The van der Waals surface area contributed by atoms with E-state index in [1.807, 2.05) is 6.92 Å². The molecule has 32 heavy (non-hydrogen) atoms. The summed E-state index contributed by atoms with van der Waals surface area (Å²) in [5, 5.41) is 2.98. The molecule has 0 atom stereocenters. The van der Waals surface area contributed by atoms with Crippen LogP contribution in [-0.4, -0.2) is 20.4 Å². The van der Waals surface area contributed by atoms with Crippen LogP contribution in [0.3, 0.4) is 0 Å². The van der Waals surface area contributed by atoms with Gasteiger partial charge in [0, 0.05) is 29.3 Å². The fourth-order valence-electron chi connectivity index (χ4n) is 3.20. The number of hydrogen-bond donors (Lipinski definition) is 2. The zero-order valence-electron chi connectivity index (χ0n) is 17.1. The van der Waals surface area contributed by atoms with Gasteiger partial charge in [0.25, 0.3) is 5.91 Å². The Balaban J connectivity index is 1.69. The molecule has 6 nitrogen and oxygen atoms in total. The van der Waals surface area contributed by atoms with Crippen LogP contribution in [0.5, 0.6) is 0 Å². The van der Waals surface area contributed by atoms with Gasteiger partial charge in [-0.25, -0.2) is 9.97 Å². The molecule has 1 amide bonds. The number of carbonyl (C=O) groups is 1. The van der Waals surface area contributed by atoms with Gasteiger partial charge in [0.05, 0.1) is 22.5 Å². The summed E-state index contributed by atoms with van der Waals surface area (Å²) in [5.74, 6) is -0.532. The van der Waals surface area contributed by atoms with E-state index in [0.717, 1.165) is 28.1 Å². The molecular formula is C22H18F3N5OS. The molecule has 2 heterocycles. The van der Waals surface area contributed by atoms with Gasteiger partial charge in [-0.15, -0.1) is 0 Å². The van der Waals surface area contributed by atoms with Gasteiger partial charge in [0.2, 0.25) is 0 Å². The van der Waals surface area contributed by atoms with E-state index in [1.54, 1.807) is 37.5 Å². The van der Waals surface area contributed by atoms with Crippen LogP contribution >= 0.6 is 11.3 Å². The van der Waals surface area contributed by atoms with Crippen LogP contribution in [0.4, 0.5) is 24.0 Å². The predicted octanol–water partition coefficient (Wildman–Crippen LogP) is 5.47. The van der Waals surface area contributed by atoms with E-state index in [4.69, 9.17) is 5.73 Å². The van der Waals surface area contributed by atoms with Crippen molar-refractivity contribution in [1.29, 1.82) is 0 Å². The number of aromatic nitrogens is 3. The second kappa shape index (κ2) is 8.12. The van der Waals surface area contributed by atoms with Crippen molar-refractivity contribution < 1.29 is 18.0 Å². The van der Waals surface area contributed by atoms with E-state index in [2.05, 4.69) is 15.3 Å². The first-order chi connectivity index (χ1) is 15.1. The minimum Gasteiger partial charge on any atom is -0.375 e. The van der Waals surface area contributed by atoms with E-state index in [9.17, 15) is 18.0 Å². The Morgan fingerprint density at radius 3 is 2.53 bits per heavy atom. The molecular weight excluding hydrogens is 439 g/mol. The normalized spacial score (nSPS) is 11.5. The Kier molecular flexibility index (Phi) is 5.47. The molecule has 4 aromatic rings. The standard InChI is InChI=1S/C22H18F3N5OS/c1-12-3-4-14(5-18(12)19-9-27-21(26)32-19)20(31)29-16-6-15(22(23,24)25)7-17(8-16)30-10-13(2)28-11-30/h3-11H,1-2H3,(H2,26,27)(H,29,31). The number of carbonyl (C=O) groups excluding carboxylic acids is 1. The highest BCUT2D eigenvalue weighted by atomic mass is 32.1. The number of nitrogen functional groups attached to an aromatic ring is 1. The summed E-state index contributed by atoms with van der Waals surface area (Å²) in [4.78, 5) is 21.8. The second-order valence-electron chi connectivity index (χ2n) is 7.24. The topological polar surface area (TPSA) is 85.8 Å². The fraction of sp³-hybridized carbons (Fsp3) is 0.136. The van der Waals surface area contributed by atoms with E-state index < -0.39 is 17.6 Å². The van der Waals surface area contributed by atoms with Gasteiger partial charge < -0.3 is 15.6 Å². The molecule has 0 aliphatic heterocycles. The highest BCUT2D eigenvalue weighted by molar-refractivity contribution is 7.18. The average Bonchev–Trinajstić information content (AvgIpc) is 3.35. The smallest absolute Gasteiger partial charge is 0.375 e. The summed E-state index contributed by atoms with van der Waals surface area (Å²) in [6, 6.07) is 8.44. The maximum atomic E-state index is 13.5. The van der Waals surface area contributed by atoms with Crippen molar-refractivity contribution in [2.75, 3.05) is 11.1 Å². The largest absolute Gasteiger partial charge is 0.416 e. The van der Waals surface area contributed by atoms with Crippen LogP contribution in [-0.2, 0) is 6.18 Å². The number of nitrogens with zero attached hydrogens (tertiary/aromatic N) is 3. The van der Waals surface area contributed by atoms with Gasteiger partial charge >= 0.3 is 6.18 Å². The quantitative estimate of drug-likeness (QED) is 0.426. The highest BCUT2D eigenvalue weighted by Crippen LogP contribution is 2.34. The third kappa shape index (κ3) is 4.50. The summed E-state index contributed by atoms with van der Waals surface area (Å²) in [6.07, 6.45) is 0.0714. The Morgan fingerprint density at radius 2 is 1.91 bits per heavy atom. The van der Waals surface area contributed by atoms with Gasteiger partial charge in [0.1, 0.15) is 0 Å². The van der Waals surface area contributed by atoms with Crippen LogP contribution in [0, 0.1) is 13.8 Å².